The van der Waals surface area contributed by atoms with E-state index in [2.05, 4.69) is 51.6 Å². The molecule has 1 heterocycles. The van der Waals surface area contributed by atoms with Gasteiger partial charge in [0.25, 0.3) is 0 Å². The van der Waals surface area contributed by atoms with Gasteiger partial charge >= 0.3 is 0 Å². The minimum absolute atomic E-state index is 0.759. The van der Waals surface area contributed by atoms with Gasteiger partial charge in [0.1, 0.15) is 0 Å². The maximum absolute atomic E-state index is 2.63. The minimum Gasteiger partial charge on any atom is -0.298 e. The van der Waals surface area contributed by atoms with Gasteiger partial charge in [-0.15, -0.1) is 0 Å². The monoisotopic (exact) mass is 296 g/mol. The van der Waals surface area contributed by atoms with E-state index in [9.17, 15) is 0 Å². The fourth-order valence-corrected chi connectivity index (χ4v) is 2.24. The Hall–Kier alpha value is 0.650. The molecule has 0 radical (unpaired) electrons. The molecule has 0 aliphatic carbocycles. The first kappa shape index (κ1) is 11.7. The van der Waals surface area contributed by atoms with Gasteiger partial charge in [-0.1, -0.05) is 20.3 Å². The van der Waals surface area contributed by atoms with E-state index >= 15 is 0 Å². The smallest absolute Gasteiger partial charge is 0.0209 e. The molecular formula is C10H21IN2. The Morgan fingerprint density at radius 3 is 2.15 bits per heavy atom. The molecular weight excluding hydrogens is 275 g/mol. The summed E-state index contributed by atoms with van der Waals surface area (Å²) in [5.74, 6) is 0.834. The molecule has 13 heavy (non-hydrogen) atoms. The molecule has 2 unspecified atom stereocenters. The second-order valence-corrected chi connectivity index (χ2v) is 5.44. The van der Waals surface area contributed by atoms with E-state index < -0.39 is 0 Å². The largest absolute Gasteiger partial charge is 0.298 e. The van der Waals surface area contributed by atoms with Crippen LogP contribution in [0.1, 0.15) is 27.2 Å². The van der Waals surface area contributed by atoms with E-state index in [4.69, 9.17) is 0 Å². The number of rotatable bonds is 3. The first-order valence-electron chi connectivity index (χ1n) is 5.30. The summed E-state index contributed by atoms with van der Waals surface area (Å²) in [4.78, 5) is 2.63. The van der Waals surface area contributed by atoms with Crippen molar-refractivity contribution in [2.75, 3.05) is 26.2 Å². The van der Waals surface area contributed by atoms with Crippen molar-refractivity contribution in [3.63, 3.8) is 0 Å². The van der Waals surface area contributed by atoms with Crippen molar-refractivity contribution in [3.05, 3.63) is 0 Å². The summed E-state index contributed by atoms with van der Waals surface area (Å²) in [7, 11) is 0. The standard InChI is InChI=1S/C10H21IN2/c1-4-9(2)10(3)12-5-7-13(11)8-6-12/h9-10H,4-8H2,1-3H3. The first-order chi connectivity index (χ1) is 6.15. The summed E-state index contributed by atoms with van der Waals surface area (Å²) >= 11 is 2.42. The average Bonchev–Trinajstić information content (AvgIpc) is 2.17. The van der Waals surface area contributed by atoms with E-state index in [1.54, 1.807) is 0 Å². The molecule has 1 aliphatic rings. The van der Waals surface area contributed by atoms with Crippen LogP contribution in [0, 0.1) is 5.92 Å². The molecule has 0 saturated carbocycles. The molecule has 0 aromatic rings. The van der Waals surface area contributed by atoms with Gasteiger partial charge in [-0.25, -0.2) is 3.11 Å². The fraction of sp³-hybridized carbons (Fsp3) is 1.00. The summed E-state index contributed by atoms with van der Waals surface area (Å²) in [5.41, 5.74) is 0. The lowest BCUT2D eigenvalue weighted by atomic mass is 9.99. The zero-order valence-corrected chi connectivity index (χ0v) is 11.1. The highest BCUT2D eigenvalue weighted by molar-refractivity contribution is 14.1. The topological polar surface area (TPSA) is 6.48 Å². The first-order valence-corrected chi connectivity index (χ1v) is 6.26. The van der Waals surface area contributed by atoms with Gasteiger partial charge in [-0.2, -0.15) is 0 Å². The van der Waals surface area contributed by atoms with E-state index in [1.165, 1.54) is 32.6 Å². The van der Waals surface area contributed by atoms with E-state index in [0.29, 0.717) is 0 Å². The van der Waals surface area contributed by atoms with E-state index in [0.717, 1.165) is 12.0 Å². The van der Waals surface area contributed by atoms with Crippen molar-refractivity contribution >= 4 is 22.9 Å². The van der Waals surface area contributed by atoms with Gasteiger partial charge in [0.05, 0.1) is 0 Å². The molecule has 1 rings (SSSR count). The number of piperazine rings is 1. The van der Waals surface area contributed by atoms with Crippen LogP contribution in [0.4, 0.5) is 0 Å². The lowest BCUT2D eigenvalue weighted by Gasteiger charge is -2.38. The normalized spacial score (nSPS) is 25.8. The molecule has 0 bridgehead atoms. The quantitative estimate of drug-likeness (QED) is 0.583. The second kappa shape index (κ2) is 5.51. The predicted octanol–water partition coefficient (Wildman–Crippen LogP) is 2.39. The molecule has 0 aromatic carbocycles. The lowest BCUT2D eigenvalue weighted by molar-refractivity contribution is 0.122. The van der Waals surface area contributed by atoms with Gasteiger partial charge in [-0.05, 0) is 12.8 Å². The molecule has 78 valence electrons. The van der Waals surface area contributed by atoms with Crippen LogP contribution in [0.2, 0.25) is 0 Å². The van der Waals surface area contributed by atoms with Crippen LogP contribution in [0.3, 0.4) is 0 Å². The number of nitrogens with zero attached hydrogens (tertiary/aromatic N) is 2. The SMILES string of the molecule is CCC(C)C(C)N1CCN(I)CC1. The highest BCUT2D eigenvalue weighted by Crippen LogP contribution is 2.17. The third-order valence-corrected chi connectivity index (χ3v) is 4.27. The molecule has 2 atom stereocenters. The average molecular weight is 296 g/mol. The van der Waals surface area contributed by atoms with Crippen molar-refractivity contribution in [1.29, 1.82) is 0 Å². The third-order valence-electron chi connectivity index (χ3n) is 3.30. The molecule has 0 aromatic heterocycles. The van der Waals surface area contributed by atoms with Gasteiger partial charge in [0.15, 0.2) is 0 Å². The Morgan fingerprint density at radius 1 is 1.15 bits per heavy atom. The van der Waals surface area contributed by atoms with Crippen LogP contribution in [0.15, 0.2) is 0 Å². The van der Waals surface area contributed by atoms with Crippen LogP contribution in [0.25, 0.3) is 0 Å². The van der Waals surface area contributed by atoms with Gasteiger partial charge < -0.3 is 0 Å². The van der Waals surface area contributed by atoms with E-state index in [1.807, 2.05) is 0 Å². The summed E-state index contributed by atoms with van der Waals surface area (Å²) in [6.45, 7) is 12.0. The maximum Gasteiger partial charge on any atom is 0.0209 e. The fourth-order valence-electron chi connectivity index (χ4n) is 1.81. The Morgan fingerprint density at radius 2 is 1.69 bits per heavy atom. The van der Waals surface area contributed by atoms with Crippen LogP contribution in [-0.2, 0) is 0 Å². The Labute approximate surface area is 96.2 Å². The molecule has 3 heteroatoms. The van der Waals surface area contributed by atoms with Gasteiger partial charge in [0, 0.05) is 55.1 Å². The molecule has 1 aliphatic heterocycles. The van der Waals surface area contributed by atoms with Gasteiger partial charge in [-0.3, -0.25) is 4.90 Å². The summed E-state index contributed by atoms with van der Waals surface area (Å²) < 4.78 is 2.39. The van der Waals surface area contributed by atoms with Crippen molar-refractivity contribution in [1.82, 2.24) is 8.01 Å². The van der Waals surface area contributed by atoms with Crippen LogP contribution < -0.4 is 0 Å². The molecule has 1 fully saturated rings. The number of hydrogen-bond acceptors (Lipinski definition) is 2. The van der Waals surface area contributed by atoms with E-state index in [-0.39, 0.29) is 0 Å². The zero-order valence-electron chi connectivity index (χ0n) is 8.96. The number of hydrogen-bond donors (Lipinski definition) is 0. The zero-order chi connectivity index (χ0) is 9.84. The molecule has 2 nitrogen and oxygen atoms in total. The summed E-state index contributed by atoms with van der Waals surface area (Å²) in [6.07, 6.45) is 1.30. The van der Waals surface area contributed by atoms with Crippen LogP contribution >= 0.6 is 22.9 Å². The summed E-state index contributed by atoms with van der Waals surface area (Å²) in [6, 6.07) is 0.759. The maximum atomic E-state index is 2.63. The van der Waals surface area contributed by atoms with Crippen molar-refractivity contribution < 1.29 is 0 Å². The lowest BCUT2D eigenvalue weighted by Crippen LogP contribution is -2.48. The molecule has 0 N–H and O–H groups in total. The Kier molecular flexibility index (Phi) is 4.97. The molecule has 0 amide bonds. The highest BCUT2D eigenvalue weighted by Gasteiger charge is 2.22. The molecule has 1 saturated heterocycles. The van der Waals surface area contributed by atoms with Crippen molar-refractivity contribution in [2.45, 2.75) is 33.2 Å². The van der Waals surface area contributed by atoms with Gasteiger partial charge in [0.2, 0.25) is 0 Å². The van der Waals surface area contributed by atoms with Crippen molar-refractivity contribution in [2.24, 2.45) is 5.92 Å². The van der Waals surface area contributed by atoms with Crippen molar-refractivity contribution in [3.8, 4) is 0 Å². The summed E-state index contributed by atoms with van der Waals surface area (Å²) in [5, 5.41) is 0. The third kappa shape index (κ3) is 3.36. The number of halogens is 1. The Bertz CT molecular complexity index is 144. The minimum atomic E-state index is 0.759. The molecule has 0 spiro atoms. The predicted molar refractivity (Wildman–Crippen MR) is 66.1 cm³/mol. The van der Waals surface area contributed by atoms with Crippen LogP contribution in [-0.4, -0.2) is 40.2 Å². The highest BCUT2D eigenvalue weighted by atomic mass is 127. The van der Waals surface area contributed by atoms with Crippen LogP contribution in [0.5, 0.6) is 0 Å². The Balaban J connectivity index is 2.35. The second-order valence-electron chi connectivity index (χ2n) is 4.07.